The van der Waals surface area contributed by atoms with E-state index < -0.39 is 0 Å². The molecule has 1 aliphatic rings. The van der Waals surface area contributed by atoms with Crippen molar-refractivity contribution in [2.24, 2.45) is 5.73 Å². The van der Waals surface area contributed by atoms with Crippen molar-refractivity contribution in [3.05, 3.63) is 30.1 Å². The summed E-state index contributed by atoms with van der Waals surface area (Å²) < 4.78 is 2.21. The Morgan fingerprint density at radius 3 is 3.04 bits per heavy atom. The van der Waals surface area contributed by atoms with E-state index in [0.29, 0.717) is 19.4 Å². The zero-order valence-electron chi connectivity index (χ0n) is 13.3. The number of hydrogen-bond acceptors (Lipinski definition) is 4. The summed E-state index contributed by atoms with van der Waals surface area (Å²) in [5.74, 6) is 1.95. The van der Waals surface area contributed by atoms with Crippen LogP contribution in [0, 0.1) is 0 Å². The highest BCUT2D eigenvalue weighted by Gasteiger charge is 2.16. The maximum absolute atomic E-state index is 11.8. The summed E-state index contributed by atoms with van der Waals surface area (Å²) in [6, 6.07) is 7.80. The van der Waals surface area contributed by atoms with Gasteiger partial charge in [-0.25, -0.2) is 0 Å². The summed E-state index contributed by atoms with van der Waals surface area (Å²) in [6.07, 6.45) is 5.70. The van der Waals surface area contributed by atoms with E-state index in [1.165, 1.54) is 12.8 Å². The zero-order valence-corrected chi connectivity index (χ0v) is 13.3. The minimum Gasteiger partial charge on any atom is -0.330 e. The van der Waals surface area contributed by atoms with Crippen molar-refractivity contribution in [1.29, 1.82) is 0 Å². The molecular formula is C17H23N5O. The van der Waals surface area contributed by atoms with E-state index in [9.17, 15) is 4.79 Å². The molecule has 1 aromatic heterocycles. The van der Waals surface area contributed by atoms with Gasteiger partial charge in [0, 0.05) is 30.6 Å². The predicted octanol–water partition coefficient (Wildman–Crippen LogP) is 2.35. The Morgan fingerprint density at radius 2 is 2.17 bits per heavy atom. The molecule has 0 fully saturated rings. The maximum atomic E-state index is 11.8. The molecule has 6 nitrogen and oxygen atoms in total. The predicted molar refractivity (Wildman–Crippen MR) is 89.9 cm³/mol. The summed E-state index contributed by atoms with van der Waals surface area (Å²) in [4.78, 5) is 11.8. The molecule has 3 rings (SSSR count). The van der Waals surface area contributed by atoms with Crippen LogP contribution in [0.5, 0.6) is 0 Å². The molecule has 3 N–H and O–H groups in total. The molecule has 2 aromatic rings. The number of carbonyl (C=O) groups excluding carboxylic acids is 1. The minimum absolute atomic E-state index is 0.00678. The summed E-state index contributed by atoms with van der Waals surface area (Å²) in [5.41, 5.74) is 7.21. The third kappa shape index (κ3) is 3.76. The first kappa shape index (κ1) is 15.7. The van der Waals surface area contributed by atoms with Gasteiger partial charge in [-0.15, -0.1) is 10.2 Å². The average molecular weight is 313 g/mol. The lowest BCUT2D eigenvalue weighted by Gasteiger charge is -2.09. The molecule has 0 spiro atoms. The lowest BCUT2D eigenvalue weighted by Crippen LogP contribution is -2.13. The van der Waals surface area contributed by atoms with E-state index in [2.05, 4.69) is 20.1 Å². The van der Waals surface area contributed by atoms with E-state index in [4.69, 9.17) is 5.73 Å². The number of anilines is 1. The third-order valence-electron chi connectivity index (χ3n) is 4.12. The Labute approximate surface area is 136 Å². The van der Waals surface area contributed by atoms with Gasteiger partial charge in [-0.2, -0.15) is 0 Å². The van der Waals surface area contributed by atoms with Gasteiger partial charge in [0.05, 0.1) is 0 Å². The number of nitrogens with zero attached hydrogens (tertiary/aromatic N) is 3. The van der Waals surface area contributed by atoms with Crippen molar-refractivity contribution in [3.8, 4) is 11.4 Å². The van der Waals surface area contributed by atoms with Gasteiger partial charge in [0.15, 0.2) is 5.82 Å². The Morgan fingerprint density at radius 1 is 1.26 bits per heavy atom. The Hall–Kier alpha value is -2.21. The van der Waals surface area contributed by atoms with Crippen molar-refractivity contribution < 1.29 is 4.79 Å². The second-order valence-corrected chi connectivity index (χ2v) is 5.92. The lowest BCUT2D eigenvalue weighted by atomic mass is 10.1. The fourth-order valence-corrected chi connectivity index (χ4v) is 2.92. The van der Waals surface area contributed by atoms with E-state index in [-0.39, 0.29) is 5.91 Å². The van der Waals surface area contributed by atoms with Crippen LogP contribution in [0.1, 0.15) is 37.9 Å². The Balaban J connectivity index is 1.80. The van der Waals surface area contributed by atoms with Crippen molar-refractivity contribution in [2.45, 2.75) is 45.1 Å². The molecule has 1 aliphatic heterocycles. The van der Waals surface area contributed by atoms with Crippen LogP contribution >= 0.6 is 0 Å². The summed E-state index contributed by atoms with van der Waals surface area (Å²) in [7, 11) is 0. The van der Waals surface area contributed by atoms with Crippen LogP contribution in [-0.2, 0) is 17.8 Å². The standard InChI is InChI=1S/C17H23N5O/c18-10-5-9-16(23)19-14-7-4-6-13(12-14)17-21-20-15-8-2-1-3-11-22(15)17/h4,6-7,12H,1-3,5,8-11,18H2,(H,19,23). The number of nitrogens with one attached hydrogen (secondary N) is 1. The quantitative estimate of drug-likeness (QED) is 0.887. The highest BCUT2D eigenvalue weighted by molar-refractivity contribution is 5.91. The van der Waals surface area contributed by atoms with Gasteiger partial charge >= 0.3 is 0 Å². The first-order valence-corrected chi connectivity index (χ1v) is 8.30. The highest BCUT2D eigenvalue weighted by Crippen LogP contribution is 2.24. The number of amides is 1. The van der Waals surface area contributed by atoms with Gasteiger partial charge in [-0.3, -0.25) is 4.79 Å². The minimum atomic E-state index is -0.00678. The van der Waals surface area contributed by atoms with Crippen LogP contribution in [-0.4, -0.2) is 27.2 Å². The smallest absolute Gasteiger partial charge is 0.224 e. The largest absolute Gasteiger partial charge is 0.330 e. The molecule has 1 aromatic carbocycles. The van der Waals surface area contributed by atoms with Crippen molar-refractivity contribution in [2.75, 3.05) is 11.9 Å². The van der Waals surface area contributed by atoms with Gasteiger partial charge in [-0.1, -0.05) is 18.6 Å². The molecule has 0 atom stereocenters. The van der Waals surface area contributed by atoms with E-state index in [0.717, 1.165) is 42.3 Å². The second kappa shape index (κ2) is 7.37. The average Bonchev–Trinajstić information content (AvgIpc) is 2.82. The van der Waals surface area contributed by atoms with E-state index in [1.54, 1.807) is 0 Å². The Kier molecular flexibility index (Phi) is 5.02. The topological polar surface area (TPSA) is 85.8 Å². The number of rotatable bonds is 5. The number of benzene rings is 1. The number of aryl methyl sites for hydroxylation is 1. The first-order valence-electron chi connectivity index (χ1n) is 8.30. The number of hydrogen-bond donors (Lipinski definition) is 2. The van der Waals surface area contributed by atoms with Gasteiger partial charge < -0.3 is 15.6 Å². The van der Waals surface area contributed by atoms with Crippen molar-refractivity contribution >= 4 is 11.6 Å². The Bertz CT molecular complexity index is 679. The van der Waals surface area contributed by atoms with Gasteiger partial charge in [-0.05, 0) is 37.9 Å². The van der Waals surface area contributed by atoms with Gasteiger partial charge in [0.2, 0.25) is 5.91 Å². The summed E-state index contributed by atoms with van der Waals surface area (Å²) in [5, 5.41) is 11.6. The van der Waals surface area contributed by atoms with Crippen LogP contribution < -0.4 is 11.1 Å². The number of fused-ring (bicyclic) bond motifs is 1. The van der Waals surface area contributed by atoms with Crippen LogP contribution in [0.15, 0.2) is 24.3 Å². The van der Waals surface area contributed by atoms with Crippen molar-refractivity contribution in [3.63, 3.8) is 0 Å². The summed E-state index contributed by atoms with van der Waals surface area (Å²) in [6.45, 7) is 1.49. The summed E-state index contributed by atoms with van der Waals surface area (Å²) >= 11 is 0. The van der Waals surface area contributed by atoms with Gasteiger partial charge in [0.25, 0.3) is 0 Å². The lowest BCUT2D eigenvalue weighted by molar-refractivity contribution is -0.116. The number of carbonyl (C=O) groups is 1. The maximum Gasteiger partial charge on any atom is 0.224 e. The molecule has 0 unspecified atom stereocenters. The van der Waals surface area contributed by atoms with Crippen molar-refractivity contribution in [1.82, 2.24) is 14.8 Å². The first-order chi connectivity index (χ1) is 11.3. The van der Waals surface area contributed by atoms with Crippen LogP contribution in [0.4, 0.5) is 5.69 Å². The molecule has 0 radical (unpaired) electrons. The SMILES string of the molecule is NCCCC(=O)Nc1cccc(-c2nnc3n2CCCCC3)c1. The molecule has 23 heavy (non-hydrogen) atoms. The zero-order chi connectivity index (χ0) is 16.1. The fraction of sp³-hybridized carbons (Fsp3) is 0.471. The van der Waals surface area contributed by atoms with E-state index in [1.807, 2.05) is 24.3 Å². The normalized spacial score (nSPS) is 14.1. The molecule has 2 heterocycles. The molecule has 1 amide bonds. The number of nitrogens with two attached hydrogens (primary N) is 1. The molecule has 0 bridgehead atoms. The second-order valence-electron chi connectivity index (χ2n) is 5.92. The molecule has 0 saturated heterocycles. The molecular weight excluding hydrogens is 290 g/mol. The third-order valence-corrected chi connectivity index (χ3v) is 4.12. The monoisotopic (exact) mass is 313 g/mol. The molecule has 0 saturated carbocycles. The number of aromatic nitrogens is 3. The van der Waals surface area contributed by atoms with Gasteiger partial charge in [0.1, 0.15) is 5.82 Å². The van der Waals surface area contributed by atoms with E-state index >= 15 is 0 Å². The molecule has 0 aliphatic carbocycles. The van der Waals surface area contributed by atoms with Crippen LogP contribution in [0.2, 0.25) is 0 Å². The molecule has 122 valence electrons. The van der Waals surface area contributed by atoms with Crippen LogP contribution in [0.3, 0.4) is 0 Å². The highest BCUT2D eigenvalue weighted by atomic mass is 16.1. The fourth-order valence-electron chi connectivity index (χ4n) is 2.92. The molecule has 6 heteroatoms. The van der Waals surface area contributed by atoms with Crippen LogP contribution in [0.25, 0.3) is 11.4 Å².